The van der Waals surface area contributed by atoms with Crippen molar-refractivity contribution < 1.29 is 14.7 Å². The van der Waals surface area contributed by atoms with Gasteiger partial charge in [0.25, 0.3) is 0 Å². The number of aromatic carboxylic acids is 1. The van der Waals surface area contributed by atoms with E-state index in [4.69, 9.17) is 6.42 Å². The van der Waals surface area contributed by atoms with Gasteiger partial charge >= 0.3 is 5.97 Å². The average molecular weight is 322 g/mol. The summed E-state index contributed by atoms with van der Waals surface area (Å²) in [7, 11) is 0. The standard InChI is InChI=1S/C14H12BrNO3/c1-3-9-6-12(17)16(7-9)13-10(14(18)19)4-8(2)5-11(13)15/h1,4-5,9H,6-7H2,2H3,(H,18,19). The number of carboxylic acid groups (broad SMARTS) is 1. The van der Waals surface area contributed by atoms with Gasteiger partial charge in [-0.2, -0.15) is 0 Å². The second kappa shape index (κ2) is 5.06. The van der Waals surface area contributed by atoms with Gasteiger partial charge in [-0.25, -0.2) is 4.79 Å². The number of aryl methyl sites for hydroxylation is 1. The van der Waals surface area contributed by atoms with Crippen LogP contribution in [-0.2, 0) is 4.79 Å². The average Bonchev–Trinajstić information content (AvgIpc) is 2.69. The number of carbonyl (C=O) groups is 2. The summed E-state index contributed by atoms with van der Waals surface area (Å²) in [5.74, 6) is 1.18. The SMILES string of the molecule is C#CC1CC(=O)N(c2c(Br)cc(C)cc2C(=O)O)C1. The van der Waals surface area contributed by atoms with Crippen molar-refractivity contribution in [2.24, 2.45) is 5.92 Å². The van der Waals surface area contributed by atoms with E-state index in [2.05, 4.69) is 21.9 Å². The molecule has 0 aromatic heterocycles. The van der Waals surface area contributed by atoms with E-state index < -0.39 is 5.97 Å². The molecule has 0 radical (unpaired) electrons. The molecule has 1 amide bonds. The lowest BCUT2D eigenvalue weighted by molar-refractivity contribution is -0.117. The van der Waals surface area contributed by atoms with Crippen molar-refractivity contribution in [3.05, 3.63) is 27.7 Å². The molecule has 0 aliphatic carbocycles. The Kier molecular flexibility index (Phi) is 3.63. The Hall–Kier alpha value is -1.80. The monoisotopic (exact) mass is 321 g/mol. The van der Waals surface area contributed by atoms with E-state index in [0.717, 1.165) is 5.56 Å². The first-order chi connectivity index (χ1) is 8.93. The lowest BCUT2D eigenvalue weighted by Crippen LogP contribution is -2.27. The van der Waals surface area contributed by atoms with Gasteiger partial charge in [0.1, 0.15) is 0 Å². The van der Waals surface area contributed by atoms with Gasteiger partial charge in [-0.3, -0.25) is 4.79 Å². The van der Waals surface area contributed by atoms with Crippen molar-refractivity contribution in [2.45, 2.75) is 13.3 Å². The molecule has 1 N–H and O–H groups in total. The normalized spacial score (nSPS) is 18.5. The zero-order valence-electron chi connectivity index (χ0n) is 10.3. The number of benzene rings is 1. The van der Waals surface area contributed by atoms with Crippen LogP contribution in [0.5, 0.6) is 0 Å². The maximum Gasteiger partial charge on any atom is 0.337 e. The molecule has 0 spiro atoms. The Bertz CT molecular complexity index is 603. The first kappa shape index (κ1) is 13.6. The minimum atomic E-state index is -1.06. The van der Waals surface area contributed by atoms with Crippen molar-refractivity contribution in [1.82, 2.24) is 0 Å². The number of rotatable bonds is 2. The molecule has 0 saturated carbocycles. The van der Waals surface area contributed by atoms with E-state index in [1.54, 1.807) is 19.1 Å². The predicted octanol–water partition coefficient (Wildman–Crippen LogP) is 2.44. The van der Waals surface area contributed by atoms with Crippen molar-refractivity contribution in [3.8, 4) is 12.3 Å². The molecule has 1 aromatic rings. The fourth-order valence-electron chi connectivity index (χ4n) is 2.21. The molecular weight excluding hydrogens is 310 g/mol. The number of carbonyl (C=O) groups excluding carboxylic acids is 1. The lowest BCUT2D eigenvalue weighted by Gasteiger charge is -2.20. The highest BCUT2D eigenvalue weighted by molar-refractivity contribution is 9.10. The van der Waals surface area contributed by atoms with Gasteiger partial charge in [-0.05, 0) is 40.5 Å². The second-order valence-corrected chi connectivity index (χ2v) is 5.37. The van der Waals surface area contributed by atoms with Gasteiger partial charge < -0.3 is 10.0 Å². The molecule has 98 valence electrons. The Morgan fingerprint density at radius 1 is 1.58 bits per heavy atom. The first-order valence-electron chi connectivity index (χ1n) is 5.74. The largest absolute Gasteiger partial charge is 0.478 e. The number of amides is 1. The van der Waals surface area contributed by atoms with Crippen LogP contribution in [0.25, 0.3) is 0 Å². The number of carboxylic acids is 1. The second-order valence-electron chi connectivity index (χ2n) is 4.52. The van der Waals surface area contributed by atoms with E-state index in [1.807, 2.05) is 0 Å². The number of hydrogen-bond donors (Lipinski definition) is 1. The third-order valence-electron chi connectivity index (χ3n) is 3.07. The predicted molar refractivity (Wildman–Crippen MR) is 75.1 cm³/mol. The van der Waals surface area contributed by atoms with Crippen LogP contribution in [0, 0.1) is 25.2 Å². The topological polar surface area (TPSA) is 57.6 Å². The van der Waals surface area contributed by atoms with Crippen LogP contribution in [0.4, 0.5) is 5.69 Å². The summed E-state index contributed by atoms with van der Waals surface area (Å²) in [6.45, 7) is 2.16. The van der Waals surface area contributed by atoms with E-state index in [-0.39, 0.29) is 23.8 Å². The van der Waals surface area contributed by atoms with Crippen LogP contribution >= 0.6 is 15.9 Å². The number of nitrogens with zero attached hydrogens (tertiary/aromatic N) is 1. The molecule has 1 fully saturated rings. The van der Waals surface area contributed by atoms with Crippen molar-refractivity contribution in [1.29, 1.82) is 0 Å². The molecule has 1 unspecified atom stereocenters. The van der Waals surface area contributed by atoms with Crippen LogP contribution in [0.2, 0.25) is 0 Å². The summed E-state index contributed by atoms with van der Waals surface area (Å²) in [6, 6.07) is 3.34. The van der Waals surface area contributed by atoms with Gasteiger partial charge in [0, 0.05) is 23.4 Å². The molecule has 0 bridgehead atoms. The molecule has 4 nitrogen and oxygen atoms in total. The molecular formula is C14H12BrNO3. The molecule has 19 heavy (non-hydrogen) atoms. The summed E-state index contributed by atoms with van der Waals surface area (Å²) in [5.41, 5.74) is 1.31. The fraction of sp³-hybridized carbons (Fsp3) is 0.286. The summed E-state index contributed by atoms with van der Waals surface area (Å²) in [4.78, 5) is 24.8. The zero-order valence-corrected chi connectivity index (χ0v) is 11.9. The van der Waals surface area contributed by atoms with Gasteiger partial charge in [0.05, 0.1) is 11.3 Å². The van der Waals surface area contributed by atoms with Gasteiger partial charge in [0.2, 0.25) is 5.91 Å². The number of hydrogen-bond acceptors (Lipinski definition) is 2. The van der Waals surface area contributed by atoms with Crippen LogP contribution < -0.4 is 4.90 Å². The van der Waals surface area contributed by atoms with Crippen molar-refractivity contribution in [3.63, 3.8) is 0 Å². The minimum Gasteiger partial charge on any atom is -0.478 e. The van der Waals surface area contributed by atoms with E-state index in [9.17, 15) is 14.7 Å². The molecule has 1 saturated heterocycles. The maximum atomic E-state index is 12.0. The number of terminal acetylenes is 1. The summed E-state index contributed by atoms with van der Waals surface area (Å²) in [5, 5.41) is 9.29. The van der Waals surface area contributed by atoms with Crippen LogP contribution in [0.1, 0.15) is 22.3 Å². The third kappa shape index (κ3) is 2.49. The highest BCUT2D eigenvalue weighted by Crippen LogP contribution is 2.35. The molecule has 1 aromatic carbocycles. The molecule has 2 rings (SSSR count). The van der Waals surface area contributed by atoms with E-state index in [0.29, 0.717) is 16.7 Å². The zero-order chi connectivity index (χ0) is 14.2. The van der Waals surface area contributed by atoms with Gasteiger partial charge in [-0.15, -0.1) is 12.3 Å². The van der Waals surface area contributed by atoms with Crippen LogP contribution in [-0.4, -0.2) is 23.5 Å². The van der Waals surface area contributed by atoms with Crippen LogP contribution in [0.15, 0.2) is 16.6 Å². The maximum absolute atomic E-state index is 12.0. The number of anilines is 1. The summed E-state index contributed by atoms with van der Waals surface area (Å²) in [6.07, 6.45) is 5.60. The van der Waals surface area contributed by atoms with E-state index >= 15 is 0 Å². The molecule has 5 heteroatoms. The van der Waals surface area contributed by atoms with Gasteiger partial charge in [0.15, 0.2) is 0 Å². The summed E-state index contributed by atoms with van der Waals surface area (Å²) < 4.78 is 0.593. The van der Waals surface area contributed by atoms with E-state index in [1.165, 1.54) is 4.90 Å². The number of halogens is 1. The molecule has 1 aliphatic heterocycles. The van der Waals surface area contributed by atoms with Crippen molar-refractivity contribution in [2.75, 3.05) is 11.4 Å². The lowest BCUT2D eigenvalue weighted by atomic mass is 10.1. The Morgan fingerprint density at radius 3 is 2.79 bits per heavy atom. The Balaban J connectivity index is 2.54. The van der Waals surface area contributed by atoms with Crippen LogP contribution in [0.3, 0.4) is 0 Å². The third-order valence-corrected chi connectivity index (χ3v) is 3.67. The quantitative estimate of drug-likeness (QED) is 0.851. The molecule has 1 atom stereocenters. The van der Waals surface area contributed by atoms with Crippen molar-refractivity contribution >= 4 is 33.5 Å². The molecule has 1 aliphatic rings. The highest BCUT2D eigenvalue weighted by Gasteiger charge is 2.33. The smallest absolute Gasteiger partial charge is 0.337 e. The minimum absolute atomic E-state index is 0.109. The molecule has 1 heterocycles. The fourth-order valence-corrected chi connectivity index (χ4v) is 3.00. The highest BCUT2D eigenvalue weighted by atomic mass is 79.9. The van der Waals surface area contributed by atoms with Gasteiger partial charge in [-0.1, -0.05) is 0 Å². The Labute approximate surface area is 119 Å². The first-order valence-corrected chi connectivity index (χ1v) is 6.53. The summed E-state index contributed by atoms with van der Waals surface area (Å²) >= 11 is 3.34. The Morgan fingerprint density at radius 2 is 2.26 bits per heavy atom.